The zero-order valence-corrected chi connectivity index (χ0v) is 10.2. The van der Waals surface area contributed by atoms with Gasteiger partial charge in [-0.25, -0.2) is 0 Å². The highest BCUT2D eigenvalue weighted by atomic mass is 35.5. The lowest BCUT2D eigenvalue weighted by Crippen LogP contribution is -2.23. The number of hydrogen-bond acceptors (Lipinski definition) is 2. The van der Waals surface area contributed by atoms with Crippen LogP contribution < -0.4 is 5.32 Å². The molecule has 1 aromatic heterocycles. The summed E-state index contributed by atoms with van der Waals surface area (Å²) < 4.78 is 0. The van der Waals surface area contributed by atoms with E-state index in [1.807, 2.05) is 13.1 Å². The Morgan fingerprint density at radius 2 is 2.33 bits per heavy atom. The second-order valence-electron chi connectivity index (χ2n) is 3.75. The van der Waals surface area contributed by atoms with Crippen molar-refractivity contribution in [1.82, 2.24) is 10.3 Å². The minimum Gasteiger partial charge on any atom is -0.317 e. The SMILES string of the molecule is CCC(CCCc1ccncc1Cl)NC. The van der Waals surface area contributed by atoms with Gasteiger partial charge in [-0.2, -0.15) is 0 Å². The van der Waals surface area contributed by atoms with Crippen LogP contribution in [0.2, 0.25) is 5.02 Å². The van der Waals surface area contributed by atoms with Crippen LogP contribution in [0.1, 0.15) is 31.7 Å². The smallest absolute Gasteiger partial charge is 0.0621 e. The summed E-state index contributed by atoms with van der Waals surface area (Å²) in [4.78, 5) is 3.98. The molecule has 0 amide bonds. The predicted molar refractivity (Wildman–Crippen MR) is 65.3 cm³/mol. The van der Waals surface area contributed by atoms with Gasteiger partial charge in [0.1, 0.15) is 0 Å². The van der Waals surface area contributed by atoms with Gasteiger partial charge in [0.2, 0.25) is 0 Å². The number of aryl methyl sites for hydroxylation is 1. The summed E-state index contributed by atoms with van der Waals surface area (Å²) in [6.45, 7) is 2.21. The number of nitrogens with zero attached hydrogens (tertiary/aromatic N) is 1. The van der Waals surface area contributed by atoms with Crippen molar-refractivity contribution in [3.63, 3.8) is 0 Å². The molecule has 0 spiro atoms. The Hall–Kier alpha value is -0.600. The Labute approximate surface area is 97.1 Å². The number of nitrogens with one attached hydrogen (secondary N) is 1. The van der Waals surface area contributed by atoms with Crippen molar-refractivity contribution < 1.29 is 0 Å². The summed E-state index contributed by atoms with van der Waals surface area (Å²) in [5.41, 5.74) is 1.21. The minimum atomic E-state index is 0.630. The summed E-state index contributed by atoms with van der Waals surface area (Å²) in [7, 11) is 2.02. The molecule has 0 aromatic carbocycles. The van der Waals surface area contributed by atoms with Gasteiger partial charge in [-0.15, -0.1) is 0 Å². The van der Waals surface area contributed by atoms with Crippen LogP contribution in [-0.4, -0.2) is 18.1 Å². The molecule has 1 aromatic rings. The molecule has 0 aliphatic rings. The Morgan fingerprint density at radius 3 is 2.93 bits per heavy atom. The maximum absolute atomic E-state index is 6.03. The van der Waals surface area contributed by atoms with Crippen LogP contribution >= 0.6 is 11.6 Å². The molecule has 0 saturated heterocycles. The lowest BCUT2D eigenvalue weighted by Gasteiger charge is -2.13. The topological polar surface area (TPSA) is 24.9 Å². The van der Waals surface area contributed by atoms with Crippen LogP contribution in [0.5, 0.6) is 0 Å². The van der Waals surface area contributed by atoms with E-state index in [4.69, 9.17) is 11.6 Å². The van der Waals surface area contributed by atoms with E-state index >= 15 is 0 Å². The van der Waals surface area contributed by atoms with E-state index in [0.29, 0.717) is 6.04 Å². The highest BCUT2D eigenvalue weighted by Crippen LogP contribution is 2.16. The summed E-state index contributed by atoms with van der Waals surface area (Å²) >= 11 is 6.03. The van der Waals surface area contributed by atoms with E-state index in [1.165, 1.54) is 24.8 Å². The molecule has 1 unspecified atom stereocenters. The van der Waals surface area contributed by atoms with Crippen molar-refractivity contribution >= 4 is 11.6 Å². The highest BCUT2D eigenvalue weighted by molar-refractivity contribution is 6.31. The highest BCUT2D eigenvalue weighted by Gasteiger charge is 2.04. The fourth-order valence-electron chi connectivity index (χ4n) is 1.70. The lowest BCUT2D eigenvalue weighted by molar-refractivity contribution is 0.492. The fraction of sp³-hybridized carbons (Fsp3) is 0.583. The van der Waals surface area contributed by atoms with Gasteiger partial charge < -0.3 is 5.32 Å². The van der Waals surface area contributed by atoms with Gasteiger partial charge in [0.25, 0.3) is 0 Å². The second kappa shape index (κ2) is 6.81. The molecule has 3 heteroatoms. The maximum Gasteiger partial charge on any atom is 0.0621 e. The standard InChI is InChI=1S/C12H19ClN2/c1-3-11(14-2)6-4-5-10-7-8-15-9-12(10)13/h7-9,11,14H,3-6H2,1-2H3. The molecule has 1 atom stereocenters. The normalized spacial score (nSPS) is 12.7. The molecule has 0 radical (unpaired) electrons. The van der Waals surface area contributed by atoms with Gasteiger partial charge in [-0.3, -0.25) is 4.98 Å². The molecule has 0 fully saturated rings. The molecule has 84 valence electrons. The molecule has 1 N–H and O–H groups in total. The zero-order valence-electron chi connectivity index (χ0n) is 9.46. The Kier molecular flexibility index (Phi) is 5.66. The molecule has 2 nitrogen and oxygen atoms in total. The lowest BCUT2D eigenvalue weighted by atomic mass is 10.0. The van der Waals surface area contributed by atoms with Crippen molar-refractivity contribution in [3.8, 4) is 0 Å². The summed E-state index contributed by atoms with van der Waals surface area (Å²) in [5.74, 6) is 0. The average Bonchev–Trinajstić information content (AvgIpc) is 2.27. The third kappa shape index (κ3) is 4.18. The first-order chi connectivity index (χ1) is 7.27. The van der Waals surface area contributed by atoms with E-state index in [0.717, 1.165) is 11.4 Å². The van der Waals surface area contributed by atoms with Gasteiger partial charge in [0.05, 0.1) is 5.02 Å². The molecule has 0 bridgehead atoms. The van der Waals surface area contributed by atoms with E-state index < -0.39 is 0 Å². The van der Waals surface area contributed by atoms with Gasteiger partial charge >= 0.3 is 0 Å². The summed E-state index contributed by atoms with van der Waals surface area (Å²) in [6, 6.07) is 2.63. The monoisotopic (exact) mass is 226 g/mol. The Bertz CT molecular complexity index is 285. The quantitative estimate of drug-likeness (QED) is 0.807. The van der Waals surface area contributed by atoms with Crippen molar-refractivity contribution in [3.05, 3.63) is 29.0 Å². The summed E-state index contributed by atoms with van der Waals surface area (Å²) in [5, 5.41) is 4.09. The van der Waals surface area contributed by atoms with Crippen molar-refractivity contribution in [2.45, 2.75) is 38.6 Å². The Morgan fingerprint density at radius 1 is 1.53 bits per heavy atom. The largest absolute Gasteiger partial charge is 0.317 e. The van der Waals surface area contributed by atoms with Crippen LogP contribution in [0.4, 0.5) is 0 Å². The molecule has 0 aliphatic carbocycles. The molecule has 1 rings (SSSR count). The number of halogens is 1. The molecule has 0 aliphatic heterocycles. The molecule has 1 heterocycles. The van der Waals surface area contributed by atoms with Gasteiger partial charge in [0.15, 0.2) is 0 Å². The maximum atomic E-state index is 6.03. The predicted octanol–water partition coefficient (Wildman–Crippen LogP) is 3.06. The van der Waals surface area contributed by atoms with Crippen LogP contribution in [0.3, 0.4) is 0 Å². The third-order valence-corrected chi connectivity index (χ3v) is 3.10. The van der Waals surface area contributed by atoms with Crippen LogP contribution in [0, 0.1) is 0 Å². The van der Waals surface area contributed by atoms with E-state index in [1.54, 1.807) is 12.4 Å². The molecule has 15 heavy (non-hydrogen) atoms. The minimum absolute atomic E-state index is 0.630. The van der Waals surface area contributed by atoms with E-state index in [9.17, 15) is 0 Å². The first-order valence-electron chi connectivity index (χ1n) is 5.53. The molecular weight excluding hydrogens is 208 g/mol. The Balaban J connectivity index is 2.34. The van der Waals surface area contributed by atoms with Gasteiger partial charge in [0, 0.05) is 18.4 Å². The van der Waals surface area contributed by atoms with E-state index in [2.05, 4.69) is 17.2 Å². The van der Waals surface area contributed by atoms with Crippen LogP contribution in [0.25, 0.3) is 0 Å². The van der Waals surface area contributed by atoms with Crippen molar-refractivity contribution in [1.29, 1.82) is 0 Å². The van der Waals surface area contributed by atoms with Crippen molar-refractivity contribution in [2.24, 2.45) is 0 Å². The molecular formula is C12H19ClN2. The number of hydrogen-bond donors (Lipinski definition) is 1. The fourth-order valence-corrected chi connectivity index (χ4v) is 1.91. The first kappa shape index (κ1) is 12.5. The van der Waals surface area contributed by atoms with Crippen molar-refractivity contribution in [2.75, 3.05) is 7.05 Å². The number of pyridine rings is 1. The third-order valence-electron chi connectivity index (χ3n) is 2.76. The first-order valence-corrected chi connectivity index (χ1v) is 5.91. The number of aromatic nitrogens is 1. The average molecular weight is 227 g/mol. The summed E-state index contributed by atoms with van der Waals surface area (Å²) in [6.07, 6.45) is 8.11. The zero-order chi connectivity index (χ0) is 11.1. The second-order valence-corrected chi connectivity index (χ2v) is 4.16. The van der Waals surface area contributed by atoms with Crippen LogP contribution in [-0.2, 0) is 6.42 Å². The van der Waals surface area contributed by atoms with Gasteiger partial charge in [-0.1, -0.05) is 18.5 Å². The van der Waals surface area contributed by atoms with E-state index in [-0.39, 0.29) is 0 Å². The van der Waals surface area contributed by atoms with Crippen LogP contribution in [0.15, 0.2) is 18.5 Å². The number of rotatable bonds is 6. The molecule has 0 saturated carbocycles. The van der Waals surface area contributed by atoms with Gasteiger partial charge in [-0.05, 0) is 44.4 Å².